The first kappa shape index (κ1) is 21.9. The van der Waals surface area contributed by atoms with Crippen LogP contribution in [0.15, 0.2) is 48.5 Å². The maximum absolute atomic E-state index is 13.3. The molecule has 1 aliphatic rings. The molecule has 0 aliphatic heterocycles. The van der Waals surface area contributed by atoms with E-state index in [1.807, 2.05) is 24.3 Å². The summed E-state index contributed by atoms with van der Waals surface area (Å²) in [5.74, 6) is -0.683. The lowest BCUT2D eigenvalue weighted by Gasteiger charge is -2.21. The van der Waals surface area contributed by atoms with Gasteiger partial charge in [0, 0.05) is 5.69 Å². The molecule has 8 nitrogen and oxygen atoms in total. The number of hydrogen-bond acceptors (Lipinski definition) is 7. The maximum atomic E-state index is 13.3. The number of nitrogen functional groups attached to an aromatic ring is 1. The molecule has 1 saturated carbocycles. The monoisotopic (exact) mass is 458 g/mol. The summed E-state index contributed by atoms with van der Waals surface area (Å²) < 4.78 is 12.6. The van der Waals surface area contributed by atoms with Crippen molar-refractivity contribution in [1.82, 2.24) is 14.5 Å². The largest absolute Gasteiger partial charge is 0.462 e. The summed E-state index contributed by atoms with van der Waals surface area (Å²) in [6.45, 7) is 2.06. The summed E-state index contributed by atoms with van der Waals surface area (Å²) in [6.07, 6.45) is 4.85. The second-order valence-electron chi connectivity index (χ2n) is 8.41. The number of nitrogens with two attached hydrogens (primary N) is 1. The van der Waals surface area contributed by atoms with Crippen molar-refractivity contribution < 1.29 is 19.1 Å². The van der Waals surface area contributed by atoms with Crippen molar-refractivity contribution in [3.05, 3.63) is 59.7 Å². The number of esters is 2. The molecule has 0 bridgehead atoms. The van der Waals surface area contributed by atoms with Gasteiger partial charge in [-0.25, -0.2) is 19.6 Å². The minimum Gasteiger partial charge on any atom is -0.462 e. The Balaban J connectivity index is 1.63. The minimum absolute atomic E-state index is 0.115. The molecule has 5 rings (SSSR count). The van der Waals surface area contributed by atoms with Crippen molar-refractivity contribution in [3.63, 3.8) is 0 Å². The van der Waals surface area contributed by atoms with Crippen LogP contribution in [0.4, 0.5) is 5.82 Å². The van der Waals surface area contributed by atoms with E-state index >= 15 is 0 Å². The zero-order valence-corrected chi connectivity index (χ0v) is 19.0. The molecule has 8 heteroatoms. The van der Waals surface area contributed by atoms with Gasteiger partial charge in [-0.15, -0.1) is 0 Å². The van der Waals surface area contributed by atoms with Crippen LogP contribution in [0, 0.1) is 0 Å². The normalized spacial score (nSPS) is 14.4. The fourth-order valence-electron chi connectivity index (χ4n) is 4.48. The number of rotatable bonds is 5. The lowest BCUT2D eigenvalue weighted by Crippen LogP contribution is -2.21. The first-order valence-corrected chi connectivity index (χ1v) is 11.6. The van der Waals surface area contributed by atoms with Crippen molar-refractivity contribution in [3.8, 4) is 5.69 Å². The standard InChI is InChI=1S/C26H26N4O4/c1-2-33-25(31)16-12-14-17(15-13-16)30-23(27)21(26(32)34-18-8-4-3-5-9-18)22-24(30)29-20-11-7-6-10-19(20)28-22/h6-7,10-15,18H,2-5,8-9,27H2,1H3. The van der Waals surface area contributed by atoms with E-state index in [1.165, 1.54) is 0 Å². The highest BCUT2D eigenvalue weighted by Gasteiger charge is 2.28. The zero-order chi connectivity index (χ0) is 23.7. The van der Waals surface area contributed by atoms with Crippen molar-refractivity contribution in [2.24, 2.45) is 0 Å². The predicted molar refractivity (Wildman–Crippen MR) is 129 cm³/mol. The van der Waals surface area contributed by atoms with Crippen LogP contribution in [0.5, 0.6) is 0 Å². The fourth-order valence-corrected chi connectivity index (χ4v) is 4.48. The Morgan fingerprint density at radius 1 is 0.971 bits per heavy atom. The summed E-state index contributed by atoms with van der Waals surface area (Å²) in [7, 11) is 0. The van der Waals surface area contributed by atoms with E-state index in [0.29, 0.717) is 40.1 Å². The molecule has 1 fully saturated rings. The Labute approximate surface area is 196 Å². The third kappa shape index (κ3) is 3.96. The van der Waals surface area contributed by atoms with Gasteiger partial charge in [0.2, 0.25) is 0 Å². The lowest BCUT2D eigenvalue weighted by molar-refractivity contribution is 0.0214. The Morgan fingerprint density at radius 2 is 1.65 bits per heavy atom. The Morgan fingerprint density at radius 3 is 2.32 bits per heavy atom. The number of ether oxygens (including phenoxy) is 2. The van der Waals surface area contributed by atoms with Gasteiger partial charge in [0.25, 0.3) is 0 Å². The van der Waals surface area contributed by atoms with Crippen LogP contribution < -0.4 is 5.73 Å². The molecule has 174 valence electrons. The molecule has 34 heavy (non-hydrogen) atoms. The van der Waals surface area contributed by atoms with Gasteiger partial charge < -0.3 is 15.2 Å². The van der Waals surface area contributed by atoms with Gasteiger partial charge in [-0.05, 0) is 69.0 Å². The smallest absolute Gasteiger partial charge is 0.344 e. The first-order chi connectivity index (χ1) is 16.6. The van der Waals surface area contributed by atoms with E-state index in [-0.39, 0.29) is 17.5 Å². The number of para-hydroxylation sites is 2. The quantitative estimate of drug-likeness (QED) is 0.427. The number of carbonyl (C=O) groups excluding carboxylic acids is 2. The Hall–Kier alpha value is -3.94. The van der Waals surface area contributed by atoms with Crippen LogP contribution in [-0.2, 0) is 9.47 Å². The highest BCUT2D eigenvalue weighted by Crippen LogP contribution is 2.32. The topological polar surface area (TPSA) is 109 Å². The Bertz CT molecular complexity index is 1370. The molecule has 0 saturated heterocycles. The van der Waals surface area contributed by atoms with Crippen molar-refractivity contribution >= 4 is 40.0 Å². The average Bonchev–Trinajstić information content (AvgIpc) is 3.14. The lowest BCUT2D eigenvalue weighted by atomic mass is 9.98. The van der Waals surface area contributed by atoms with Gasteiger partial charge in [-0.3, -0.25) is 4.57 Å². The molecule has 0 spiro atoms. The predicted octanol–water partition coefficient (Wildman–Crippen LogP) is 4.82. The minimum atomic E-state index is -0.485. The summed E-state index contributed by atoms with van der Waals surface area (Å²) in [5, 5.41) is 0. The third-order valence-corrected chi connectivity index (χ3v) is 6.16. The van der Waals surface area contributed by atoms with Gasteiger partial charge in [0.05, 0.1) is 23.2 Å². The van der Waals surface area contributed by atoms with Gasteiger partial charge in [-0.2, -0.15) is 0 Å². The number of aromatic nitrogens is 3. The summed E-state index contributed by atoms with van der Waals surface area (Å²) in [6, 6.07) is 14.3. The van der Waals surface area contributed by atoms with Gasteiger partial charge in [-0.1, -0.05) is 18.6 Å². The Kier molecular flexibility index (Phi) is 5.88. The third-order valence-electron chi connectivity index (χ3n) is 6.16. The number of anilines is 1. The SMILES string of the molecule is CCOC(=O)c1ccc(-n2c(N)c(C(=O)OC3CCCCC3)c3nc4ccccc4nc32)cc1. The molecule has 1 aliphatic carbocycles. The molecule has 0 unspecified atom stereocenters. The highest BCUT2D eigenvalue weighted by atomic mass is 16.5. The number of hydrogen-bond donors (Lipinski definition) is 1. The van der Waals surface area contributed by atoms with E-state index in [9.17, 15) is 9.59 Å². The molecule has 0 amide bonds. The zero-order valence-electron chi connectivity index (χ0n) is 19.0. The van der Waals surface area contributed by atoms with Crippen LogP contribution in [0.2, 0.25) is 0 Å². The summed E-state index contributed by atoms with van der Waals surface area (Å²) >= 11 is 0. The van der Waals surface area contributed by atoms with Crippen LogP contribution in [-0.4, -0.2) is 39.2 Å². The van der Waals surface area contributed by atoms with E-state index in [0.717, 1.165) is 32.1 Å². The molecule has 2 aromatic carbocycles. The van der Waals surface area contributed by atoms with Crippen LogP contribution in [0.25, 0.3) is 27.9 Å². The van der Waals surface area contributed by atoms with Crippen molar-refractivity contribution in [1.29, 1.82) is 0 Å². The molecule has 0 radical (unpaired) electrons. The number of nitrogens with zero attached hydrogens (tertiary/aromatic N) is 3. The van der Waals surface area contributed by atoms with Gasteiger partial charge in [0.15, 0.2) is 5.65 Å². The van der Waals surface area contributed by atoms with Crippen LogP contribution in [0.1, 0.15) is 59.7 Å². The first-order valence-electron chi connectivity index (χ1n) is 11.6. The number of fused-ring (bicyclic) bond motifs is 2. The van der Waals surface area contributed by atoms with E-state index in [4.69, 9.17) is 25.2 Å². The number of benzene rings is 2. The van der Waals surface area contributed by atoms with Crippen LogP contribution >= 0.6 is 0 Å². The molecule has 2 heterocycles. The summed E-state index contributed by atoms with van der Waals surface area (Å²) in [4.78, 5) is 34.9. The second-order valence-corrected chi connectivity index (χ2v) is 8.41. The van der Waals surface area contributed by atoms with Crippen LogP contribution in [0.3, 0.4) is 0 Å². The van der Waals surface area contributed by atoms with Crippen molar-refractivity contribution in [2.45, 2.75) is 45.1 Å². The second kappa shape index (κ2) is 9.13. The van der Waals surface area contributed by atoms with Gasteiger partial charge >= 0.3 is 11.9 Å². The maximum Gasteiger partial charge on any atom is 0.344 e. The fraction of sp³-hybridized carbons (Fsp3) is 0.308. The van der Waals surface area contributed by atoms with Gasteiger partial charge in [0.1, 0.15) is 23.0 Å². The summed E-state index contributed by atoms with van der Waals surface area (Å²) in [5.41, 5.74) is 10.0. The van der Waals surface area contributed by atoms with E-state index in [2.05, 4.69) is 0 Å². The van der Waals surface area contributed by atoms with E-state index < -0.39 is 11.9 Å². The molecular formula is C26H26N4O4. The number of carbonyl (C=O) groups is 2. The highest BCUT2D eigenvalue weighted by molar-refractivity contribution is 6.09. The average molecular weight is 459 g/mol. The molecule has 4 aromatic rings. The molecule has 2 aromatic heterocycles. The molecule has 0 atom stereocenters. The van der Waals surface area contributed by atoms with Crippen molar-refractivity contribution in [2.75, 3.05) is 12.3 Å². The van der Waals surface area contributed by atoms with E-state index in [1.54, 1.807) is 35.8 Å². The molecular weight excluding hydrogens is 432 g/mol. The molecule has 2 N–H and O–H groups in total.